The second-order valence-corrected chi connectivity index (χ2v) is 7.90. The quantitative estimate of drug-likeness (QED) is 0.600. The average molecular weight is 368 g/mol. The molecular weight excluding hydrogens is 340 g/mol. The summed E-state index contributed by atoms with van der Waals surface area (Å²) < 4.78 is 12.7. The van der Waals surface area contributed by atoms with Gasteiger partial charge in [-0.1, -0.05) is 18.2 Å². The number of carbonyl (C=O) groups excluding carboxylic acids is 1. The van der Waals surface area contributed by atoms with Gasteiger partial charge in [0.1, 0.15) is 6.61 Å². The largest absolute Gasteiger partial charge is 0.463 e. The van der Waals surface area contributed by atoms with Crippen LogP contribution in [0.1, 0.15) is 31.0 Å². The number of rotatable bonds is 5. The zero-order valence-corrected chi connectivity index (χ0v) is 16.6. The van der Waals surface area contributed by atoms with Crippen LogP contribution in [0.4, 0.5) is 0 Å². The summed E-state index contributed by atoms with van der Waals surface area (Å²) in [5.41, 5.74) is 5.21. The standard InChI is InChI=1S/C22H28N2O3/c1-14(2)24-13-15-11-20-18(17-6-5-7-19(24)21(15)17)10-16(12-23(20)3)22(25)27-9-8-26-4/h5-7,10,13-14,16,20H,8-9,11-12H2,1-4H3/t16-,20-/m1/s1. The van der Waals surface area contributed by atoms with E-state index in [0.717, 1.165) is 6.42 Å². The maximum Gasteiger partial charge on any atom is 0.314 e. The van der Waals surface area contributed by atoms with Gasteiger partial charge in [0.05, 0.1) is 12.5 Å². The van der Waals surface area contributed by atoms with Crippen LogP contribution in [0, 0.1) is 5.92 Å². The van der Waals surface area contributed by atoms with Gasteiger partial charge in [-0.15, -0.1) is 0 Å². The zero-order valence-electron chi connectivity index (χ0n) is 16.6. The predicted molar refractivity (Wildman–Crippen MR) is 107 cm³/mol. The summed E-state index contributed by atoms with van der Waals surface area (Å²) in [5, 5.41) is 1.34. The SMILES string of the molecule is COCCOC(=O)[C@@H]1C=C2c3cccc4c3c(cn4C(C)C)C[C@H]2N(C)C1. The smallest absolute Gasteiger partial charge is 0.314 e. The second-order valence-electron chi connectivity index (χ2n) is 7.90. The Hall–Kier alpha value is -2.11. The number of nitrogens with zero attached hydrogens (tertiary/aromatic N) is 2. The molecule has 0 N–H and O–H groups in total. The number of methoxy groups -OCH3 is 1. The predicted octanol–water partition coefficient (Wildman–Crippen LogP) is 3.28. The molecule has 2 aliphatic rings. The fourth-order valence-corrected chi connectivity index (χ4v) is 4.49. The van der Waals surface area contributed by atoms with E-state index < -0.39 is 0 Å². The van der Waals surface area contributed by atoms with E-state index in [2.05, 4.69) is 60.8 Å². The summed E-state index contributed by atoms with van der Waals surface area (Å²) in [4.78, 5) is 14.8. The summed E-state index contributed by atoms with van der Waals surface area (Å²) in [6.45, 7) is 5.87. The number of benzene rings is 1. The van der Waals surface area contributed by atoms with Crippen LogP contribution in [0.2, 0.25) is 0 Å². The fourth-order valence-electron chi connectivity index (χ4n) is 4.49. The molecule has 2 heterocycles. The Morgan fingerprint density at radius 2 is 2.11 bits per heavy atom. The molecule has 2 atom stereocenters. The van der Waals surface area contributed by atoms with Gasteiger partial charge in [0.25, 0.3) is 0 Å². The molecule has 1 aromatic heterocycles. The monoisotopic (exact) mass is 368 g/mol. The van der Waals surface area contributed by atoms with E-state index in [9.17, 15) is 4.79 Å². The average Bonchev–Trinajstić information content (AvgIpc) is 3.03. The van der Waals surface area contributed by atoms with Crippen LogP contribution in [-0.4, -0.2) is 55.4 Å². The van der Waals surface area contributed by atoms with Crippen LogP contribution in [-0.2, 0) is 20.7 Å². The Balaban J connectivity index is 1.74. The van der Waals surface area contributed by atoms with E-state index >= 15 is 0 Å². The van der Waals surface area contributed by atoms with Crippen molar-refractivity contribution in [3.8, 4) is 0 Å². The minimum absolute atomic E-state index is 0.164. The van der Waals surface area contributed by atoms with Gasteiger partial charge in [-0.05, 0) is 50.1 Å². The second kappa shape index (κ2) is 7.13. The van der Waals surface area contributed by atoms with Crippen molar-refractivity contribution in [3.63, 3.8) is 0 Å². The summed E-state index contributed by atoms with van der Waals surface area (Å²) in [5.74, 6) is -0.398. The van der Waals surface area contributed by atoms with Crippen molar-refractivity contribution in [2.45, 2.75) is 32.4 Å². The van der Waals surface area contributed by atoms with E-state index in [-0.39, 0.29) is 11.9 Å². The molecule has 5 heteroatoms. The molecule has 4 rings (SSSR count). The maximum atomic E-state index is 12.5. The minimum atomic E-state index is -0.234. The van der Waals surface area contributed by atoms with Crippen LogP contribution >= 0.6 is 0 Å². The maximum absolute atomic E-state index is 12.5. The van der Waals surface area contributed by atoms with Crippen LogP contribution in [0.3, 0.4) is 0 Å². The molecule has 27 heavy (non-hydrogen) atoms. The van der Waals surface area contributed by atoms with Gasteiger partial charge in [0.15, 0.2) is 0 Å². The Kier molecular flexibility index (Phi) is 4.82. The first kappa shape index (κ1) is 18.3. The van der Waals surface area contributed by atoms with Gasteiger partial charge in [-0.2, -0.15) is 0 Å². The Morgan fingerprint density at radius 1 is 1.30 bits per heavy atom. The number of aromatic nitrogens is 1. The summed E-state index contributed by atoms with van der Waals surface area (Å²) >= 11 is 0. The van der Waals surface area contributed by atoms with Crippen LogP contribution in [0.15, 0.2) is 30.5 Å². The first-order chi connectivity index (χ1) is 13.0. The summed E-state index contributed by atoms with van der Waals surface area (Å²) in [7, 11) is 3.72. The first-order valence-corrected chi connectivity index (χ1v) is 9.71. The van der Waals surface area contributed by atoms with Crippen molar-refractivity contribution in [2.75, 3.05) is 33.9 Å². The van der Waals surface area contributed by atoms with Gasteiger partial charge >= 0.3 is 5.97 Å². The number of ether oxygens (including phenoxy) is 2. The molecule has 2 aromatic rings. The van der Waals surface area contributed by atoms with Gasteiger partial charge in [-0.25, -0.2) is 0 Å². The van der Waals surface area contributed by atoms with Crippen LogP contribution < -0.4 is 0 Å². The molecule has 1 aliphatic carbocycles. The number of hydrogen-bond donors (Lipinski definition) is 0. The van der Waals surface area contributed by atoms with E-state index in [1.165, 1.54) is 27.6 Å². The van der Waals surface area contributed by atoms with E-state index in [1.807, 2.05) is 0 Å². The molecule has 0 saturated carbocycles. The highest BCUT2D eigenvalue weighted by Crippen LogP contribution is 2.42. The molecule has 0 spiro atoms. The van der Waals surface area contributed by atoms with Gasteiger partial charge in [-0.3, -0.25) is 9.69 Å². The lowest BCUT2D eigenvalue weighted by Gasteiger charge is -2.39. The Bertz CT molecular complexity index is 896. The molecular formula is C22H28N2O3. The van der Waals surface area contributed by atoms with Crippen molar-refractivity contribution in [2.24, 2.45) is 5.92 Å². The Morgan fingerprint density at radius 3 is 2.85 bits per heavy atom. The Labute approximate surface area is 160 Å². The number of likely N-dealkylation sites (N-methyl/N-ethyl adjacent to an activating group) is 1. The van der Waals surface area contributed by atoms with E-state index in [4.69, 9.17) is 9.47 Å². The number of fused-ring (bicyclic) bond motifs is 2. The number of carbonyl (C=O) groups is 1. The van der Waals surface area contributed by atoms with Crippen LogP contribution in [0.5, 0.6) is 0 Å². The topological polar surface area (TPSA) is 43.7 Å². The third kappa shape index (κ3) is 3.09. The zero-order chi connectivity index (χ0) is 19.1. The molecule has 0 fully saturated rings. The first-order valence-electron chi connectivity index (χ1n) is 9.71. The molecule has 5 nitrogen and oxygen atoms in total. The normalized spacial score (nSPS) is 22.0. The molecule has 0 amide bonds. The summed E-state index contributed by atoms with van der Waals surface area (Å²) in [6.07, 6.45) is 5.44. The van der Waals surface area contributed by atoms with Crippen molar-refractivity contribution in [1.82, 2.24) is 9.47 Å². The minimum Gasteiger partial charge on any atom is -0.463 e. The highest BCUT2D eigenvalue weighted by molar-refractivity contribution is 5.99. The van der Waals surface area contributed by atoms with Gasteiger partial charge in [0, 0.05) is 42.8 Å². The lowest BCUT2D eigenvalue weighted by molar-refractivity contribution is -0.148. The van der Waals surface area contributed by atoms with Gasteiger partial charge in [0.2, 0.25) is 0 Å². The molecule has 0 radical (unpaired) electrons. The molecule has 144 valence electrons. The third-order valence-corrected chi connectivity index (χ3v) is 5.81. The fraction of sp³-hybridized carbons (Fsp3) is 0.500. The van der Waals surface area contributed by atoms with E-state index in [1.54, 1.807) is 7.11 Å². The molecule has 1 aromatic carbocycles. The van der Waals surface area contributed by atoms with Crippen molar-refractivity contribution < 1.29 is 14.3 Å². The lowest BCUT2D eigenvalue weighted by atomic mass is 9.80. The molecule has 0 bridgehead atoms. The molecule has 0 unspecified atom stereocenters. The van der Waals surface area contributed by atoms with Crippen molar-refractivity contribution in [3.05, 3.63) is 41.6 Å². The number of esters is 1. The van der Waals surface area contributed by atoms with Crippen LogP contribution in [0.25, 0.3) is 16.5 Å². The lowest BCUT2D eigenvalue weighted by Crippen LogP contribution is -2.44. The third-order valence-electron chi connectivity index (χ3n) is 5.81. The van der Waals surface area contributed by atoms with Crippen molar-refractivity contribution in [1.29, 1.82) is 0 Å². The summed E-state index contributed by atoms with van der Waals surface area (Å²) in [6, 6.07) is 7.26. The molecule has 0 saturated heterocycles. The molecule has 1 aliphatic heterocycles. The number of hydrogen-bond acceptors (Lipinski definition) is 4. The van der Waals surface area contributed by atoms with Gasteiger partial charge < -0.3 is 14.0 Å². The highest BCUT2D eigenvalue weighted by atomic mass is 16.6. The van der Waals surface area contributed by atoms with E-state index in [0.29, 0.717) is 31.8 Å². The highest BCUT2D eigenvalue weighted by Gasteiger charge is 2.36. The van der Waals surface area contributed by atoms with Crippen molar-refractivity contribution >= 4 is 22.4 Å².